The number of rotatable bonds is 9. The number of fused-ring (bicyclic) bond motifs is 1. The molecule has 0 aliphatic carbocycles. The van der Waals surface area contributed by atoms with Gasteiger partial charge in [0, 0.05) is 44.1 Å². The van der Waals surface area contributed by atoms with E-state index in [2.05, 4.69) is 42.0 Å². The van der Waals surface area contributed by atoms with Gasteiger partial charge >= 0.3 is 0 Å². The summed E-state index contributed by atoms with van der Waals surface area (Å²) in [6.07, 6.45) is 1.93. The fraction of sp³-hybridized carbons (Fsp3) is 0.632. The smallest absolute Gasteiger partial charge is 0.228 e. The van der Waals surface area contributed by atoms with Gasteiger partial charge in [-0.25, -0.2) is 4.98 Å². The Labute approximate surface area is 165 Å². The van der Waals surface area contributed by atoms with Crippen LogP contribution >= 0.6 is 11.3 Å². The van der Waals surface area contributed by atoms with Crippen LogP contribution in [0.15, 0.2) is 6.07 Å². The number of likely N-dealkylation sites (N-methyl/N-ethyl adjacent to an activating group) is 1. The van der Waals surface area contributed by atoms with Gasteiger partial charge < -0.3 is 20.0 Å². The van der Waals surface area contributed by atoms with Crippen molar-refractivity contribution in [2.75, 3.05) is 62.6 Å². The number of aromatic nitrogens is 2. The highest BCUT2D eigenvalue weighted by Gasteiger charge is 2.20. The second-order valence-corrected chi connectivity index (χ2v) is 7.85. The molecule has 3 heterocycles. The molecule has 2 aromatic heterocycles. The van der Waals surface area contributed by atoms with Crippen LogP contribution in [0.25, 0.3) is 10.2 Å². The van der Waals surface area contributed by atoms with Crippen molar-refractivity contribution in [2.45, 2.75) is 27.2 Å². The standard InChI is InChI=1S/C19H30N6OS/c1-4-15-13-16-17(20-7-8-23(5-2)6-3)21-19(22-18(16)27-15)25-11-9-24(14-26)10-12-25/h13-14H,4-12H2,1-3H3,(H,20,21,22). The Morgan fingerprint density at radius 1 is 1.19 bits per heavy atom. The number of piperazine rings is 1. The summed E-state index contributed by atoms with van der Waals surface area (Å²) >= 11 is 1.75. The van der Waals surface area contributed by atoms with Crippen molar-refractivity contribution in [2.24, 2.45) is 0 Å². The maximum absolute atomic E-state index is 11.0. The van der Waals surface area contributed by atoms with E-state index >= 15 is 0 Å². The predicted octanol–water partition coefficient (Wildman–Crippen LogP) is 2.29. The summed E-state index contributed by atoms with van der Waals surface area (Å²) in [7, 11) is 0. The minimum Gasteiger partial charge on any atom is -0.368 e. The summed E-state index contributed by atoms with van der Waals surface area (Å²) in [5, 5.41) is 4.66. The minimum absolute atomic E-state index is 0.722. The first-order chi connectivity index (χ1) is 13.2. The van der Waals surface area contributed by atoms with Gasteiger partial charge in [0.15, 0.2) is 0 Å². The number of anilines is 2. The number of hydrogen-bond donors (Lipinski definition) is 1. The summed E-state index contributed by atoms with van der Waals surface area (Å²) < 4.78 is 0. The van der Waals surface area contributed by atoms with E-state index < -0.39 is 0 Å². The average Bonchev–Trinajstić information content (AvgIpc) is 3.14. The number of nitrogens with zero attached hydrogens (tertiary/aromatic N) is 5. The molecule has 2 aromatic rings. The highest BCUT2D eigenvalue weighted by Crippen LogP contribution is 2.31. The molecule has 1 saturated heterocycles. The summed E-state index contributed by atoms with van der Waals surface area (Å²) in [4.78, 5) is 29.4. The third-order valence-electron chi connectivity index (χ3n) is 5.14. The van der Waals surface area contributed by atoms with Gasteiger partial charge in [0.25, 0.3) is 0 Å². The molecule has 0 bridgehead atoms. The largest absolute Gasteiger partial charge is 0.368 e. The van der Waals surface area contributed by atoms with Crippen LogP contribution in [0.3, 0.4) is 0 Å². The molecular formula is C19H30N6OS. The molecule has 1 N–H and O–H groups in total. The molecule has 1 fully saturated rings. The summed E-state index contributed by atoms with van der Waals surface area (Å²) in [5.74, 6) is 1.69. The van der Waals surface area contributed by atoms with Crippen LogP contribution < -0.4 is 10.2 Å². The first kappa shape index (κ1) is 19.8. The first-order valence-corrected chi connectivity index (χ1v) is 10.7. The normalized spacial score (nSPS) is 15.0. The van der Waals surface area contributed by atoms with E-state index in [1.807, 2.05) is 0 Å². The third kappa shape index (κ3) is 4.68. The van der Waals surface area contributed by atoms with Gasteiger partial charge in [0.05, 0.1) is 5.39 Å². The fourth-order valence-electron chi connectivity index (χ4n) is 3.31. The molecule has 7 nitrogen and oxygen atoms in total. The number of hydrogen-bond acceptors (Lipinski definition) is 7. The van der Waals surface area contributed by atoms with Crippen LogP contribution in [-0.2, 0) is 11.2 Å². The Morgan fingerprint density at radius 3 is 2.56 bits per heavy atom. The summed E-state index contributed by atoms with van der Waals surface area (Å²) in [6, 6.07) is 2.22. The van der Waals surface area contributed by atoms with Crippen LogP contribution in [0, 0.1) is 0 Å². The Hall–Kier alpha value is -1.93. The summed E-state index contributed by atoms with van der Waals surface area (Å²) in [6.45, 7) is 13.5. The van der Waals surface area contributed by atoms with Gasteiger partial charge in [-0.2, -0.15) is 4.98 Å². The lowest BCUT2D eigenvalue weighted by molar-refractivity contribution is -0.118. The van der Waals surface area contributed by atoms with E-state index in [1.54, 1.807) is 16.2 Å². The number of thiophene rings is 1. The topological polar surface area (TPSA) is 64.6 Å². The molecule has 0 spiro atoms. The lowest BCUT2D eigenvalue weighted by Gasteiger charge is -2.32. The van der Waals surface area contributed by atoms with Gasteiger partial charge in [-0.15, -0.1) is 11.3 Å². The summed E-state index contributed by atoms with van der Waals surface area (Å²) in [5.41, 5.74) is 0. The molecular weight excluding hydrogens is 360 g/mol. The minimum atomic E-state index is 0.722. The molecule has 0 saturated carbocycles. The average molecular weight is 391 g/mol. The quantitative estimate of drug-likeness (QED) is 0.663. The van der Waals surface area contributed by atoms with E-state index in [0.29, 0.717) is 0 Å². The van der Waals surface area contributed by atoms with Crippen molar-refractivity contribution in [3.8, 4) is 0 Å². The number of carbonyl (C=O) groups is 1. The van der Waals surface area contributed by atoms with E-state index in [0.717, 1.165) is 87.2 Å². The predicted molar refractivity (Wildman–Crippen MR) is 113 cm³/mol. The van der Waals surface area contributed by atoms with Crippen LogP contribution in [0.1, 0.15) is 25.6 Å². The monoisotopic (exact) mass is 390 g/mol. The van der Waals surface area contributed by atoms with Crippen molar-refractivity contribution in [1.82, 2.24) is 19.8 Å². The van der Waals surface area contributed by atoms with Gasteiger partial charge in [-0.3, -0.25) is 4.79 Å². The highest BCUT2D eigenvalue weighted by atomic mass is 32.1. The molecule has 27 heavy (non-hydrogen) atoms. The Kier molecular flexibility index (Phi) is 6.84. The van der Waals surface area contributed by atoms with Crippen LogP contribution in [0.2, 0.25) is 0 Å². The maximum atomic E-state index is 11.0. The lowest BCUT2D eigenvalue weighted by atomic mass is 10.3. The van der Waals surface area contributed by atoms with E-state index in [-0.39, 0.29) is 0 Å². The fourth-order valence-corrected chi connectivity index (χ4v) is 4.27. The molecule has 1 aliphatic rings. The zero-order chi connectivity index (χ0) is 19.2. The number of carbonyl (C=O) groups excluding carboxylic acids is 1. The molecule has 148 valence electrons. The van der Waals surface area contributed by atoms with Crippen molar-refractivity contribution in [3.63, 3.8) is 0 Å². The lowest BCUT2D eigenvalue weighted by Crippen LogP contribution is -2.46. The van der Waals surface area contributed by atoms with Gasteiger partial charge in [0.2, 0.25) is 12.4 Å². The Morgan fingerprint density at radius 2 is 1.93 bits per heavy atom. The van der Waals surface area contributed by atoms with Crippen molar-refractivity contribution in [3.05, 3.63) is 10.9 Å². The highest BCUT2D eigenvalue weighted by molar-refractivity contribution is 7.18. The van der Waals surface area contributed by atoms with Gasteiger partial charge in [-0.05, 0) is 25.6 Å². The molecule has 0 radical (unpaired) electrons. The number of nitrogens with one attached hydrogen (secondary N) is 1. The van der Waals surface area contributed by atoms with E-state index in [1.165, 1.54) is 4.88 Å². The Balaban J connectivity index is 1.81. The number of aryl methyl sites for hydroxylation is 1. The van der Waals surface area contributed by atoms with E-state index in [9.17, 15) is 4.79 Å². The second kappa shape index (κ2) is 9.32. The van der Waals surface area contributed by atoms with Crippen molar-refractivity contribution >= 4 is 39.7 Å². The van der Waals surface area contributed by atoms with Crippen LogP contribution in [0.5, 0.6) is 0 Å². The zero-order valence-corrected chi connectivity index (χ0v) is 17.4. The molecule has 0 unspecified atom stereocenters. The molecule has 3 rings (SSSR count). The second-order valence-electron chi connectivity index (χ2n) is 6.74. The van der Waals surface area contributed by atoms with Crippen molar-refractivity contribution < 1.29 is 4.79 Å². The zero-order valence-electron chi connectivity index (χ0n) is 16.6. The third-order valence-corrected chi connectivity index (χ3v) is 6.31. The molecule has 0 atom stereocenters. The molecule has 1 amide bonds. The molecule has 8 heteroatoms. The van der Waals surface area contributed by atoms with Crippen molar-refractivity contribution in [1.29, 1.82) is 0 Å². The van der Waals surface area contributed by atoms with Gasteiger partial charge in [0.1, 0.15) is 10.6 Å². The SMILES string of the molecule is CCc1cc2c(NCCN(CC)CC)nc(N3CCN(C=O)CC3)nc2s1. The first-order valence-electron chi connectivity index (χ1n) is 9.89. The van der Waals surface area contributed by atoms with E-state index in [4.69, 9.17) is 9.97 Å². The van der Waals surface area contributed by atoms with Gasteiger partial charge in [-0.1, -0.05) is 20.8 Å². The molecule has 0 aromatic carbocycles. The van der Waals surface area contributed by atoms with Crippen LogP contribution in [0.4, 0.5) is 11.8 Å². The Bertz CT molecular complexity index is 752. The number of amides is 1. The maximum Gasteiger partial charge on any atom is 0.228 e. The molecule has 1 aliphatic heterocycles. The van der Waals surface area contributed by atoms with Crippen LogP contribution in [-0.4, -0.2) is 78.5 Å².